The van der Waals surface area contributed by atoms with Crippen molar-refractivity contribution in [1.29, 1.82) is 0 Å². The van der Waals surface area contributed by atoms with Crippen LogP contribution in [0.1, 0.15) is 34.0 Å². The summed E-state index contributed by atoms with van der Waals surface area (Å²) in [7, 11) is 0. The van der Waals surface area contributed by atoms with Gasteiger partial charge in [-0.2, -0.15) is 0 Å². The van der Waals surface area contributed by atoms with Gasteiger partial charge in [0, 0.05) is 11.1 Å². The summed E-state index contributed by atoms with van der Waals surface area (Å²) in [4.78, 5) is 25.2. The van der Waals surface area contributed by atoms with Crippen LogP contribution in [0.15, 0.2) is 15.4 Å². The second-order valence-corrected chi connectivity index (χ2v) is 4.37. The summed E-state index contributed by atoms with van der Waals surface area (Å²) in [5.74, 6) is -0.251. The molecule has 0 bridgehead atoms. The van der Waals surface area contributed by atoms with Gasteiger partial charge in [0.05, 0.1) is 0 Å². The van der Waals surface area contributed by atoms with Gasteiger partial charge in [-0.1, -0.05) is 5.16 Å². The molecule has 0 amide bonds. The van der Waals surface area contributed by atoms with Crippen molar-refractivity contribution in [1.82, 2.24) is 10.1 Å². The van der Waals surface area contributed by atoms with E-state index in [0.717, 1.165) is 22.3 Å². The molecule has 1 N–H and O–H groups in total. The Labute approximate surface area is 104 Å². The molecule has 0 saturated heterocycles. The molecule has 0 aliphatic rings. The highest BCUT2D eigenvalue weighted by Gasteiger charge is 2.17. The SMILES string of the molecule is CC(=O)c1cc(C)c(C)c(-c2noc(=O)[nH]2)c1C. The molecule has 1 aromatic carbocycles. The maximum atomic E-state index is 11.6. The predicted octanol–water partition coefficient (Wildman–Crippen LogP) is 2.16. The number of carbonyl (C=O) groups excluding carboxylic acids is 1. The maximum absolute atomic E-state index is 11.6. The van der Waals surface area contributed by atoms with Crippen LogP contribution in [-0.2, 0) is 0 Å². The minimum atomic E-state index is -0.602. The molecule has 0 saturated carbocycles. The Morgan fingerprint density at radius 1 is 1.28 bits per heavy atom. The third-order valence-corrected chi connectivity index (χ3v) is 3.16. The van der Waals surface area contributed by atoms with Crippen molar-refractivity contribution in [3.05, 3.63) is 38.9 Å². The number of benzene rings is 1. The molecule has 0 fully saturated rings. The van der Waals surface area contributed by atoms with Gasteiger partial charge in [0.2, 0.25) is 0 Å². The maximum Gasteiger partial charge on any atom is 0.439 e. The monoisotopic (exact) mass is 246 g/mol. The van der Waals surface area contributed by atoms with Crippen LogP contribution in [0.4, 0.5) is 0 Å². The Kier molecular flexibility index (Phi) is 2.90. The molecule has 2 rings (SSSR count). The van der Waals surface area contributed by atoms with Crippen LogP contribution >= 0.6 is 0 Å². The molecule has 0 atom stereocenters. The van der Waals surface area contributed by atoms with E-state index >= 15 is 0 Å². The first kappa shape index (κ1) is 12.3. The van der Waals surface area contributed by atoms with Crippen molar-refractivity contribution in [2.24, 2.45) is 0 Å². The number of hydrogen-bond donors (Lipinski definition) is 1. The average molecular weight is 246 g/mol. The number of aromatic amines is 1. The summed E-state index contributed by atoms with van der Waals surface area (Å²) in [6.07, 6.45) is 0. The zero-order chi connectivity index (χ0) is 13.4. The van der Waals surface area contributed by atoms with Crippen molar-refractivity contribution >= 4 is 5.78 Å². The third-order valence-electron chi connectivity index (χ3n) is 3.16. The molecule has 0 spiro atoms. The molecule has 94 valence electrons. The zero-order valence-corrected chi connectivity index (χ0v) is 10.7. The lowest BCUT2D eigenvalue weighted by molar-refractivity contribution is 0.101. The van der Waals surface area contributed by atoms with Crippen LogP contribution in [0.5, 0.6) is 0 Å². The topological polar surface area (TPSA) is 76.0 Å². The van der Waals surface area contributed by atoms with Gasteiger partial charge in [0.1, 0.15) is 0 Å². The molecule has 2 aromatic rings. The van der Waals surface area contributed by atoms with E-state index in [2.05, 4.69) is 14.7 Å². The number of nitrogens with zero attached hydrogens (tertiary/aromatic N) is 1. The molecule has 1 heterocycles. The molecule has 1 aromatic heterocycles. The molecular weight excluding hydrogens is 232 g/mol. The Balaban J connectivity index is 2.81. The number of hydrogen-bond acceptors (Lipinski definition) is 4. The molecule has 0 aliphatic heterocycles. The van der Waals surface area contributed by atoms with E-state index in [-0.39, 0.29) is 5.78 Å². The lowest BCUT2D eigenvalue weighted by Crippen LogP contribution is -2.04. The number of aromatic nitrogens is 2. The van der Waals surface area contributed by atoms with Crippen molar-refractivity contribution in [3.8, 4) is 11.4 Å². The number of aryl methyl sites for hydroxylation is 1. The number of carbonyl (C=O) groups is 1. The summed E-state index contributed by atoms with van der Waals surface area (Å²) >= 11 is 0. The summed E-state index contributed by atoms with van der Waals surface area (Å²) in [6, 6.07) is 1.86. The Hall–Kier alpha value is -2.17. The fourth-order valence-electron chi connectivity index (χ4n) is 2.10. The molecule has 0 aliphatic carbocycles. The lowest BCUT2D eigenvalue weighted by atomic mass is 9.92. The Bertz CT molecular complexity index is 680. The van der Waals surface area contributed by atoms with Crippen LogP contribution in [-0.4, -0.2) is 15.9 Å². The van der Waals surface area contributed by atoms with E-state index in [9.17, 15) is 9.59 Å². The fourth-order valence-corrected chi connectivity index (χ4v) is 2.10. The number of H-pyrrole nitrogens is 1. The Morgan fingerprint density at radius 2 is 1.94 bits per heavy atom. The van der Waals surface area contributed by atoms with Gasteiger partial charge >= 0.3 is 5.76 Å². The molecule has 18 heavy (non-hydrogen) atoms. The third kappa shape index (κ3) is 1.88. The Morgan fingerprint density at radius 3 is 2.44 bits per heavy atom. The van der Waals surface area contributed by atoms with E-state index in [4.69, 9.17) is 0 Å². The van der Waals surface area contributed by atoms with Gasteiger partial charge in [-0.25, -0.2) is 4.79 Å². The molecule has 5 heteroatoms. The summed E-state index contributed by atoms with van der Waals surface area (Å²) in [5.41, 5.74) is 4.14. The van der Waals surface area contributed by atoms with E-state index in [1.54, 1.807) is 0 Å². The van der Waals surface area contributed by atoms with Gasteiger partial charge in [-0.05, 0) is 50.5 Å². The summed E-state index contributed by atoms with van der Waals surface area (Å²) in [6.45, 7) is 7.20. The minimum absolute atomic E-state index is 0.0114. The first-order valence-corrected chi connectivity index (χ1v) is 5.60. The average Bonchev–Trinajstić information content (AvgIpc) is 2.70. The smallest absolute Gasteiger partial charge is 0.296 e. The van der Waals surface area contributed by atoms with Crippen molar-refractivity contribution < 1.29 is 9.32 Å². The van der Waals surface area contributed by atoms with Crippen molar-refractivity contribution in [2.75, 3.05) is 0 Å². The molecular formula is C13H14N2O3. The second-order valence-electron chi connectivity index (χ2n) is 4.37. The van der Waals surface area contributed by atoms with E-state index in [1.165, 1.54) is 6.92 Å². The van der Waals surface area contributed by atoms with Gasteiger partial charge in [-0.3, -0.25) is 14.3 Å². The van der Waals surface area contributed by atoms with Gasteiger partial charge in [-0.15, -0.1) is 0 Å². The zero-order valence-electron chi connectivity index (χ0n) is 10.7. The minimum Gasteiger partial charge on any atom is -0.296 e. The molecule has 0 radical (unpaired) electrons. The van der Waals surface area contributed by atoms with Crippen LogP contribution in [0.25, 0.3) is 11.4 Å². The first-order valence-electron chi connectivity index (χ1n) is 5.60. The highest BCUT2D eigenvalue weighted by Crippen LogP contribution is 2.29. The van der Waals surface area contributed by atoms with Gasteiger partial charge in [0.15, 0.2) is 11.6 Å². The highest BCUT2D eigenvalue weighted by atomic mass is 16.5. The second kappa shape index (κ2) is 4.25. The van der Waals surface area contributed by atoms with Crippen molar-refractivity contribution in [3.63, 3.8) is 0 Å². The van der Waals surface area contributed by atoms with E-state index in [0.29, 0.717) is 11.4 Å². The largest absolute Gasteiger partial charge is 0.439 e. The fraction of sp³-hybridized carbons (Fsp3) is 0.308. The number of nitrogens with one attached hydrogen (secondary N) is 1. The van der Waals surface area contributed by atoms with E-state index in [1.807, 2.05) is 26.8 Å². The summed E-state index contributed by atoms with van der Waals surface area (Å²) in [5, 5.41) is 3.69. The normalized spacial score (nSPS) is 10.7. The quantitative estimate of drug-likeness (QED) is 0.824. The van der Waals surface area contributed by atoms with Crippen LogP contribution in [0.3, 0.4) is 0 Å². The number of Topliss-reactive ketones (excluding diaryl/α,β-unsaturated/α-hetero) is 1. The number of ketones is 1. The molecule has 5 nitrogen and oxygen atoms in total. The highest BCUT2D eigenvalue weighted by molar-refractivity contribution is 5.97. The standard InChI is InChI=1S/C13H14N2O3/c1-6-5-10(9(4)16)8(3)11(7(6)2)12-14-13(17)18-15-12/h5H,1-4H3,(H,14,15,17). The van der Waals surface area contributed by atoms with Crippen molar-refractivity contribution in [2.45, 2.75) is 27.7 Å². The molecule has 0 unspecified atom stereocenters. The lowest BCUT2D eigenvalue weighted by Gasteiger charge is -2.13. The predicted molar refractivity (Wildman–Crippen MR) is 66.8 cm³/mol. The van der Waals surface area contributed by atoms with Crippen LogP contribution < -0.4 is 5.76 Å². The van der Waals surface area contributed by atoms with Crippen LogP contribution in [0, 0.1) is 20.8 Å². The summed E-state index contributed by atoms with van der Waals surface area (Å²) < 4.78 is 4.52. The van der Waals surface area contributed by atoms with Crippen LogP contribution in [0.2, 0.25) is 0 Å². The number of rotatable bonds is 2. The first-order chi connectivity index (χ1) is 8.41. The van der Waals surface area contributed by atoms with Gasteiger partial charge < -0.3 is 0 Å². The van der Waals surface area contributed by atoms with Gasteiger partial charge in [0.25, 0.3) is 0 Å². The van der Waals surface area contributed by atoms with E-state index < -0.39 is 5.76 Å².